The van der Waals surface area contributed by atoms with E-state index >= 15 is 0 Å². The van der Waals surface area contributed by atoms with E-state index in [0.717, 1.165) is 65.9 Å². The van der Waals surface area contributed by atoms with E-state index < -0.39 is 6.10 Å². The predicted molar refractivity (Wildman–Crippen MR) is 151 cm³/mol. The first-order valence-electron chi connectivity index (χ1n) is 13.9. The van der Waals surface area contributed by atoms with E-state index in [4.69, 9.17) is 4.98 Å². The number of piperidine rings is 1. The van der Waals surface area contributed by atoms with Crippen molar-refractivity contribution in [2.24, 2.45) is 18.4 Å². The second kappa shape index (κ2) is 10.1. The van der Waals surface area contributed by atoms with E-state index in [0.29, 0.717) is 18.7 Å². The van der Waals surface area contributed by atoms with Crippen molar-refractivity contribution in [1.29, 1.82) is 5.26 Å². The molecule has 1 unspecified atom stereocenters. The van der Waals surface area contributed by atoms with Gasteiger partial charge in [0.15, 0.2) is 0 Å². The van der Waals surface area contributed by atoms with Crippen molar-refractivity contribution in [1.82, 2.24) is 29.3 Å². The van der Waals surface area contributed by atoms with Crippen LogP contribution in [0.2, 0.25) is 0 Å². The van der Waals surface area contributed by atoms with Gasteiger partial charge in [-0.3, -0.25) is 9.48 Å². The minimum atomic E-state index is -0.940. The molecule has 0 bridgehead atoms. The molecule has 2 fully saturated rings. The number of fused-ring (bicyclic) bond motifs is 1. The Morgan fingerprint density at radius 1 is 1.05 bits per heavy atom. The number of aryl methyl sites for hydroxylation is 1. The third-order valence-corrected chi connectivity index (χ3v) is 8.45. The van der Waals surface area contributed by atoms with E-state index in [1.165, 1.54) is 0 Å². The van der Waals surface area contributed by atoms with Gasteiger partial charge >= 0.3 is 0 Å². The fourth-order valence-corrected chi connectivity index (χ4v) is 6.22. The highest BCUT2D eigenvalue weighted by Crippen LogP contribution is 2.41. The van der Waals surface area contributed by atoms with Crippen molar-refractivity contribution in [3.63, 3.8) is 0 Å². The minimum absolute atomic E-state index is 0.0223. The van der Waals surface area contributed by atoms with E-state index in [1.807, 2.05) is 56.6 Å². The average Bonchev–Trinajstić information content (AvgIpc) is 3.70. The first kappa shape index (κ1) is 26.0. The summed E-state index contributed by atoms with van der Waals surface area (Å²) in [6, 6.07) is 8.44. The maximum absolute atomic E-state index is 12.8. The van der Waals surface area contributed by atoms with Gasteiger partial charge in [-0.25, -0.2) is 9.50 Å². The number of aliphatic hydroxyl groups is 1. The molecule has 10 nitrogen and oxygen atoms in total. The maximum atomic E-state index is 12.8. The molecule has 0 aliphatic carbocycles. The van der Waals surface area contributed by atoms with Crippen molar-refractivity contribution in [2.45, 2.75) is 39.2 Å². The number of amides is 1. The average molecular weight is 539 g/mol. The molecule has 4 aromatic rings. The van der Waals surface area contributed by atoms with Gasteiger partial charge in [0.1, 0.15) is 18.0 Å². The van der Waals surface area contributed by atoms with Gasteiger partial charge in [0, 0.05) is 79.5 Å². The van der Waals surface area contributed by atoms with Crippen LogP contribution in [0.25, 0.3) is 27.8 Å². The zero-order valence-corrected chi connectivity index (χ0v) is 23.2. The second-order valence-electron chi connectivity index (χ2n) is 11.6. The molecule has 6 rings (SSSR count). The van der Waals surface area contributed by atoms with Gasteiger partial charge in [-0.2, -0.15) is 15.5 Å². The number of anilines is 1. The fraction of sp³-hybridized carbons (Fsp3) is 0.433. The largest absolute Gasteiger partial charge is 0.383 e. The Kier molecular flexibility index (Phi) is 6.55. The summed E-state index contributed by atoms with van der Waals surface area (Å²) < 4.78 is 3.51. The number of carbonyl (C=O) groups excluding carboxylic acids is 1. The minimum Gasteiger partial charge on any atom is -0.383 e. The molecular weight excluding hydrogens is 504 g/mol. The van der Waals surface area contributed by atoms with Crippen molar-refractivity contribution >= 4 is 17.2 Å². The monoisotopic (exact) mass is 538 g/mol. The third kappa shape index (κ3) is 4.60. The van der Waals surface area contributed by atoms with Crippen molar-refractivity contribution in [3.8, 4) is 28.3 Å². The summed E-state index contributed by atoms with van der Waals surface area (Å²) in [5.74, 6) is 0.666. The predicted octanol–water partition coefficient (Wildman–Crippen LogP) is 3.50. The maximum Gasteiger partial charge on any atom is 0.251 e. The van der Waals surface area contributed by atoms with E-state index in [2.05, 4.69) is 33.3 Å². The van der Waals surface area contributed by atoms with Crippen LogP contribution in [0.5, 0.6) is 0 Å². The molecular formula is C30H34N8O2. The molecule has 40 heavy (non-hydrogen) atoms. The lowest BCUT2D eigenvalue weighted by molar-refractivity contribution is -0.141. The fourth-order valence-electron chi connectivity index (χ4n) is 6.22. The van der Waals surface area contributed by atoms with Gasteiger partial charge in [0.05, 0.1) is 23.5 Å². The Balaban J connectivity index is 1.26. The zero-order chi connectivity index (χ0) is 28.0. The highest BCUT2D eigenvalue weighted by molar-refractivity contribution is 5.87. The Bertz CT molecular complexity index is 1600. The molecule has 1 amide bonds. The molecule has 2 saturated heterocycles. The van der Waals surface area contributed by atoms with Crippen LogP contribution in [0, 0.1) is 22.7 Å². The molecule has 2 atom stereocenters. The molecule has 0 radical (unpaired) electrons. The standard InChI is InChI=1S/C30H34N8O2/c1-20(2)28(39)29(40)37-10-8-30(19-37)7-4-9-36(18-30)26-6-5-21(13-32-26)25-11-22(24-15-33-35(3)16-24)17-38-27(25)23(12-31)14-34-38/h5-6,11,13-17,20,28,39H,4,7-10,18-19H2,1-3H3/t28?,30-/m1/s1. The second-order valence-corrected chi connectivity index (χ2v) is 11.6. The SMILES string of the molecule is CC(C)C(O)C(=O)N1CC[C@@]2(CCCN(c3ccc(-c4cc(-c5cnn(C)c5)cn5ncc(C#N)c45)cn3)C2)C1. The number of nitrogens with zero attached hydrogens (tertiary/aromatic N) is 8. The number of rotatable bonds is 5. The van der Waals surface area contributed by atoms with Crippen molar-refractivity contribution in [2.75, 3.05) is 31.1 Å². The smallest absolute Gasteiger partial charge is 0.251 e. The Labute approximate surface area is 233 Å². The number of pyridine rings is 2. The van der Waals surface area contributed by atoms with Crippen molar-refractivity contribution < 1.29 is 9.90 Å². The quantitative estimate of drug-likeness (QED) is 0.413. The van der Waals surface area contributed by atoms with Crippen LogP contribution >= 0.6 is 0 Å². The van der Waals surface area contributed by atoms with Crippen LogP contribution in [-0.2, 0) is 11.8 Å². The number of nitriles is 1. The molecule has 2 aliphatic heterocycles. The first-order valence-corrected chi connectivity index (χ1v) is 13.9. The Morgan fingerprint density at radius 3 is 2.60 bits per heavy atom. The molecule has 10 heteroatoms. The molecule has 0 saturated carbocycles. The van der Waals surface area contributed by atoms with Gasteiger partial charge in [0.2, 0.25) is 0 Å². The molecule has 6 heterocycles. The Hall–Kier alpha value is -4.23. The van der Waals surface area contributed by atoms with Crippen LogP contribution in [0.15, 0.2) is 49.2 Å². The van der Waals surface area contributed by atoms with E-state index in [1.54, 1.807) is 15.4 Å². The van der Waals surface area contributed by atoms with E-state index in [-0.39, 0.29) is 17.2 Å². The number of hydrogen-bond donors (Lipinski definition) is 1. The molecule has 1 spiro atoms. The van der Waals surface area contributed by atoms with Crippen LogP contribution < -0.4 is 4.90 Å². The zero-order valence-electron chi connectivity index (χ0n) is 23.2. The lowest BCUT2D eigenvalue weighted by Crippen LogP contribution is -2.47. The van der Waals surface area contributed by atoms with Crippen LogP contribution in [-0.4, -0.2) is 72.6 Å². The normalized spacial score (nSPS) is 20.0. The summed E-state index contributed by atoms with van der Waals surface area (Å²) in [6.07, 6.45) is 11.3. The van der Waals surface area contributed by atoms with Crippen molar-refractivity contribution in [3.05, 3.63) is 54.7 Å². The summed E-state index contributed by atoms with van der Waals surface area (Å²) in [6.45, 7) is 6.88. The van der Waals surface area contributed by atoms with Gasteiger partial charge in [0.25, 0.3) is 5.91 Å². The summed E-state index contributed by atoms with van der Waals surface area (Å²) in [7, 11) is 1.88. The molecule has 1 N–H and O–H groups in total. The summed E-state index contributed by atoms with van der Waals surface area (Å²) >= 11 is 0. The lowest BCUT2D eigenvalue weighted by Gasteiger charge is -2.41. The van der Waals surface area contributed by atoms with E-state index in [9.17, 15) is 15.2 Å². The number of likely N-dealkylation sites (tertiary alicyclic amines) is 1. The number of aliphatic hydroxyl groups excluding tert-OH is 1. The first-order chi connectivity index (χ1) is 19.3. The molecule has 206 valence electrons. The van der Waals surface area contributed by atoms with Crippen LogP contribution in [0.1, 0.15) is 38.7 Å². The van der Waals surface area contributed by atoms with Crippen LogP contribution in [0.4, 0.5) is 5.82 Å². The molecule has 4 aromatic heterocycles. The number of hydrogen-bond acceptors (Lipinski definition) is 7. The summed E-state index contributed by atoms with van der Waals surface area (Å²) in [4.78, 5) is 21.8. The Morgan fingerprint density at radius 2 is 1.90 bits per heavy atom. The number of aromatic nitrogens is 5. The third-order valence-electron chi connectivity index (χ3n) is 8.45. The number of carbonyl (C=O) groups is 1. The van der Waals surface area contributed by atoms with Gasteiger partial charge in [-0.1, -0.05) is 13.8 Å². The van der Waals surface area contributed by atoms with Crippen LogP contribution in [0.3, 0.4) is 0 Å². The topological polar surface area (TPSA) is 116 Å². The highest BCUT2D eigenvalue weighted by Gasteiger charge is 2.44. The summed E-state index contributed by atoms with van der Waals surface area (Å²) in [5.41, 5.74) is 5.00. The van der Waals surface area contributed by atoms with Gasteiger partial charge in [-0.05, 0) is 43.4 Å². The molecule has 2 aliphatic rings. The summed E-state index contributed by atoms with van der Waals surface area (Å²) in [5, 5.41) is 28.8. The highest BCUT2D eigenvalue weighted by atomic mass is 16.3. The van der Waals surface area contributed by atoms with Gasteiger partial charge in [-0.15, -0.1) is 0 Å². The van der Waals surface area contributed by atoms with Gasteiger partial charge < -0.3 is 14.9 Å². The lowest BCUT2D eigenvalue weighted by atomic mass is 9.79. The molecule has 0 aromatic carbocycles.